The molecule has 0 unspecified atom stereocenters. The van der Waals surface area contributed by atoms with E-state index >= 15 is 0 Å². The Morgan fingerprint density at radius 3 is 1.30 bits per heavy atom. The maximum atomic E-state index is 8.89. The Morgan fingerprint density at radius 2 is 1.30 bits per heavy atom. The van der Waals surface area contributed by atoms with E-state index < -0.39 is 5.97 Å². The first-order valence-electron chi connectivity index (χ1n) is 2.13. The smallest absolute Gasteiger partial charge is 0.870 e. The van der Waals surface area contributed by atoms with Crippen molar-refractivity contribution < 1.29 is 44.9 Å². The van der Waals surface area contributed by atoms with Gasteiger partial charge in [0.05, 0.1) is 18.8 Å². The van der Waals surface area contributed by atoms with Gasteiger partial charge in [-0.25, -0.2) is 0 Å². The van der Waals surface area contributed by atoms with Crippen molar-refractivity contribution >= 4 is 16.9 Å². The molecule has 0 aromatic heterocycles. The molecule has 0 bridgehead atoms. The second-order valence-corrected chi connectivity index (χ2v) is 4.17. The summed E-state index contributed by atoms with van der Waals surface area (Å²) in [6.07, 6.45) is 6.58. The maximum Gasteiger partial charge on any atom is 1.00 e. The third-order valence-electron chi connectivity index (χ3n) is 0. The number of rotatable bonds is 0. The Kier molecular flexibility index (Phi) is 36.8. The number of aliphatic carboxylic acids is 1. The van der Waals surface area contributed by atoms with Gasteiger partial charge in [-0.1, -0.05) is 0 Å². The van der Waals surface area contributed by atoms with E-state index in [0.29, 0.717) is 10.9 Å². The van der Waals surface area contributed by atoms with Crippen molar-refractivity contribution in [3.63, 3.8) is 0 Å². The van der Waals surface area contributed by atoms with Gasteiger partial charge in [-0.2, -0.15) is 0 Å². The third-order valence-corrected chi connectivity index (χ3v) is 0. The summed E-state index contributed by atoms with van der Waals surface area (Å²) >= 11 is 0. The van der Waals surface area contributed by atoms with E-state index in [1.807, 2.05) is 0 Å². The zero-order chi connectivity index (χ0) is 7.15. The van der Waals surface area contributed by atoms with Crippen LogP contribution in [0.4, 0.5) is 0 Å². The number of carbonyl (C=O) groups excluding carboxylic acids is 1. The largest absolute Gasteiger partial charge is 1.00 e. The Hall–Kier alpha value is 0.780. The standard InChI is InChI=1S/C3H9S.C2H4O2.Na.H2O/c1-4(2)3;1-2(3)4;;/h1-3H3;1H3,(H,3,4);;1H2/q+1;;+1;/p-2. The number of carboxylic acid groups (broad SMARTS) is 1. The topological polar surface area (TPSA) is 70.1 Å². The van der Waals surface area contributed by atoms with Crippen LogP contribution in [0.2, 0.25) is 0 Å². The molecule has 0 aromatic rings. The minimum atomic E-state index is -1.08. The first-order valence-corrected chi connectivity index (χ1v) is 4.58. The van der Waals surface area contributed by atoms with Crippen LogP contribution in [-0.4, -0.2) is 30.2 Å². The van der Waals surface area contributed by atoms with E-state index in [2.05, 4.69) is 18.8 Å². The van der Waals surface area contributed by atoms with Crippen LogP contribution in [0.3, 0.4) is 0 Å². The van der Waals surface area contributed by atoms with Gasteiger partial charge in [-0.15, -0.1) is 0 Å². The normalized spacial score (nSPS) is 6.10. The average molecular weight is 176 g/mol. The van der Waals surface area contributed by atoms with Gasteiger partial charge in [0.1, 0.15) is 0 Å². The fourth-order valence-corrected chi connectivity index (χ4v) is 0. The van der Waals surface area contributed by atoms with Crippen LogP contribution >= 0.6 is 0 Å². The quantitative estimate of drug-likeness (QED) is 0.279. The van der Waals surface area contributed by atoms with Crippen LogP contribution in [0, 0.1) is 0 Å². The molecule has 0 amide bonds. The van der Waals surface area contributed by atoms with Crippen molar-refractivity contribution in [2.45, 2.75) is 6.92 Å². The Balaban J connectivity index is -0.0000000300. The minimum Gasteiger partial charge on any atom is -0.870 e. The van der Waals surface area contributed by atoms with Crippen LogP contribution in [-0.2, 0) is 15.7 Å². The molecule has 1 N–H and O–H groups in total. The number of hydrogen-bond acceptors (Lipinski definition) is 3. The molecule has 0 fully saturated rings. The van der Waals surface area contributed by atoms with Gasteiger partial charge in [0.25, 0.3) is 0 Å². The molecule has 0 aliphatic carbocycles. The molecule has 3 nitrogen and oxygen atoms in total. The van der Waals surface area contributed by atoms with Gasteiger partial charge >= 0.3 is 29.6 Å². The summed E-state index contributed by atoms with van der Waals surface area (Å²) in [5.74, 6) is -1.08. The summed E-state index contributed by atoms with van der Waals surface area (Å²) in [6.45, 7) is 0.972. The molecule has 0 rings (SSSR count). The van der Waals surface area contributed by atoms with Crippen LogP contribution < -0.4 is 34.7 Å². The monoisotopic (exact) mass is 176 g/mol. The fraction of sp³-hybridized carbons (Fsp3) is 0.800. The van der Waals surface area contributed by atoms with Crippen molar-refractivity contribution in [1.82, 2.24) is 0 Å². The fourth-order valence-electron chi connectivity index (χ4n) is 0. The zero-order valence-electron chi connectivity index (χ0n) is 7.17. The second-order valence-electron chi connectivity index (χ2n) is 1.72. The number of carbonyl (C=O) groups is 1. The van der Waals surface area contributed by atoms with E-state index in [4.69, 9.17) is 9.90 Å². The van der Waals surface area contributed by atoms with Gasteiger partial charge in [0.15, 0.2) is 0 Å². The average Bonchev–Trinajstić information content (AvgIpc) is 1.25. The van der Waals surface area contributed by atoms with Gasteiger partial charge in [-0.05, 0) is 17.8 Å². The predicted molar refractivity (Wildman–Crippen MR) is 37.8 cm³/mol. The molecule has 0 saturated carbocycles. The number of carboxylic acids is 1. The van der Waals surface area contributed by atoms with Crippen molar-refractivity contribution in [2.75, 3.05) is 18.8 Å². The molecule has 5 heteroatoms. The molecule has 0 aromatic carbocycles. The molecule has 58 valence electrons. The SMILES string of the molecule is CC(=O)[O-].C[S+](C)C.[Na+].[OH-]. The molecule has 0 heterocycles. The molecule has 0 radical (unpaired) electrons. The third kappa shape index (κ3) is 874. The van der Waals surface area contributed by atoms with Gasteiger partial charge in [-0.3, -0.25) is 0 Å². The molecule has 0 aliphatic heterocycles. The van der Waals surface area contributed by atoms with E-state index in [-0.39, 0.29) is 35.0 Å². The summed E-state index contributed by atoms with van der Waals surface area (Å²) in [5, 5.41) is 8.89. The molecule has 0 aliphatic rings. The van der Waals surface area contributed by atoms with E-state index in [9.17, 15) is 0 Å². The molecule has 0 saturated heterocycles. The van der Waals surface area contributed by atoms with Crippen molar-refractivity contribution in [2.24, 2.45) is 0 Å². The summed E-state index contributed by atoms with van der Waals surface area (Å²) < 4.78 is 0. The summed E-state index contributed by atoms with van der Waals surface area (Å²) in [7, 11) is 0.639. The Labute approximate surface area is 87.1 Å². The Bertz CT molecular complexity index is 61.2. The van der Waals surface area contributed by atoms with Crippen molar-refractivity contribution in [1.29, 1.82) is 0 Å². The van der Waals surface area contributed by atoms with E-state index in [1.165, 1.54) is 0 Å². The molecule has 10 heavy (non-hydrogen) atoms. The maximum absolute atomic E-state index is 8.89. The number of hydrogen-bond donors (Lipinski definition) is 0. The van der Waals surface area contributed by atoms with Crippen LogP contribution in [0.1, 0.15) is 6.92 Å². The summed E-state index contributed by atoms with van der Waals surface area (Å²) in [5.41, 5.74) is 0. The molecule has 0 atom stereocenters. The molecule has 0 spiro atoms. The second kappa shape index (κ2) is 16.4. The summed E-state index contributed by atoms with van der Waals surface area (Å²) in [6, 6.07) is 0. The van der Waals surface area contributed by atoms with Crippen LogP contribution in [0.15, 0.2) is 0 Å². The molecular formula is C5H13NaO3S. The first-order chi connectivity index (χ1) is 3.46. The van der Waals surface area contributed by atoms with Gasteiger partial charge < -0.3 is 15.4 Å². The van der Waals surface area contributed by atoms with Crippen molar-refractivity contribution in [3.8, 4) is 0 Å². The van der Waals surface area contributed by atoms with E-state index in [0.717, 1.165) is 6.92 Å². The summed E-state index contributed by atoms with van der Waals surface area (Å²) in [4.78, 5) is 8.89. The molecular weight excluding hydrogens is 163 g/mol. The van der Waals surface area contributed by atoms with Crippen molar-refractivity contribution in [3.05, 3.63) is 0 Å². The first kappa shape index (κ1) is 22.4. The van der Waals surface area contributed by atoms with Gasteiger partial charge in [0, 0.05) is 5.97 Å². The van der Waals surface area contributed by atoms with Crippen LogP contribution in [0.5, 0.6) is 0 Å². The zero-order valence-corrected chi connectivity index (χ0v) is 9.99. The van der Waals surface area contributed by atoms with Gasteiger partial charge in [0.2, 0.25) is 0 Å². The predicted octanol–water partition coefficient (Wildman–Crippen LogP) is -3.92. The van der Waals surface area contributed by atoms with E-state index in [1.54, 1.807) is 0 Å². The minimum absolute atomic E-state index is 0. The van der Waals surface area contributed by atoms with Crippen LogP contribution in [0.25, 0.3) is 0 Å². The Morgan fingerprint density at radius 1 is 1.30 bits per heavy atom.